The molecule has 0 heterocycles. The number of hydrogen-bond acceptors (Lipinski definition) is 0. The quantitative estimate of drug-likeness (QED) is 0.455. The van der Waals surface area contributed by atoms with E-state index in [4.69, 9.17) is 0 Å². The summed E-state index contributed by atoms with van der Waals surface area (Å²) < 4.78 is 0. The molecule has 0 fully saturated rings. The van der Waals surface area contributed by atoms with Crippen molar-refractivity contribution in [1.29, 1.82) is 0 Å². The molecule has 0 N–H and O–H groups in total. The third kappa shape index (κ3) is 9.29. The first-order chi connectivity index (χ1) is 0. The molecule has 0 unspecified atom stereocenters. The predicted octanol–water partition coefficient (Wildman–Crippen LogP) is -1.19. The zero-order valence-electron chi connectivity index (χ0n) is 1.56. The maximum atomic E-state index is 0. The average molecular weight is 393 g/mol. The second-order valence-corrected chi connectivity index (χ2v) is 0. The molecule has 0 spiro atoms. The number of hydrogen-bond donors (Lipinski definition) is 0. The Morgan fingerprint density at radius 2 is 1.00 bits per heavy atom. The Labute approximate surface area is 115 Å². The topological polar surface area (TPSA) is 0 Å². The van der Waals surface area contributed by atoms with Crippen LogP contribution in [-0.2, 0) is 19.5 Å². The molecular weight excluding hydrogens is 390 g/mol. The second kappa shape index (κ2) is 15.8. The van der Waals surface area contributed by atoms with E-state index in [2.05, 4.69) is 0 Å². The summed E-state index contributed by atoms with van der Waals surface area (Å²) in [6.45, 7) is 0. The molecule has 0 aromatic rings. The van der Waals surface area contributed by atoms with Crippen molar-refractivity contribution >= 4 is 17.4 Å². The van der Waals surface area contributed by atoms with Gasteiger partial charge in [0.2, 0.25) is 0 Å². The minimum Gasteiger partial charge on any atom is 0 e. The second-order valence-electron chi connectivity index (χ2n) is 0. The van der Waals surface area contributed by atoms with Crippen LogP contribution in [0.3, 0.4) is 0 Å². The van der Waals surface area contributed by atoms with Crippen LogP contribution in [0.4, 0.5) is 0 Å². The van der Waals surface area contributed by atoms with Crippen molar-refractivity contribution in [3.63, 3.8) is 0 Å². The molecule has 0 atom stereocenters. The maximum absolute atomic E-state index is 0. The molecule has 0 aromatic carbocycles. The summed E-state index contributed by atoms with van der Waals surface area (Å²) in [5.74, 6) is 0. The molecule has 0 aliphatic rings. The Hall–Kier alpha value is 3.86. The summed E-state index contributed by atoms with van der Waals surface area (Å²) in [5.41, 5.74) is 0. The van der Waals surface area contributed by atoms with E-state index in [1.165, 1.54) is 0 Å². The monoisotopic (exact) mass is 392 g/mol. The molecule has 0 saturated carbocycles. The van der Waals surface area contributed by atoms with E-state index in [0.717, 1.165) is 0 Å². The molecule has 0 aliphatic heterocycles. The van der Waals surface area contributed by atoms with Crippen LogP contribution in [0.5, 0.6) is 0 Å². The van der Waals surface area contributed by atoms with E-state index in [-0.39, 0.29) is 119 Å². The van der Waals surface area contributed by atoms with E-state index in [1.807, 2.05) is 0 Å². The van der Waals surface area contributed by atoms with Gasteiger partial charge in [-0.1, -0.05) is 0 Å². The van der Waals surface area contributed by atoms with Crippen LogP contribution < -0.4 is 0 Å². The third-order valence-electron chi connectivity index (χ3n) is 0. The van der Waals surface area contributed by atoms with Gasteiger partial charge in [-0.25, -0.2) is 0 Å². The van der Waals surface area contributed by atoms with Gasteiger partial charge in [-0.15, -0.1) is 0 Å². The van der Waals surface area contributed by atoms with Gasteiger partial charge in [0.05, 0.1) is 0 Å². The molecule has 4 heavy (non-hydrogen) atoms. The van der Waals surface area contributed by atoms with Gasteiger partial charge in [0.15, 0.2) is 17.4 Å². The normalized spacial score (nSPS) is 0. The molecule has 0 radical (unpaired) electrons. The smallest absolute Gasteiger partial charge is 0 e. The van der Waals surface area contributed by atoms with Crippen LogP contribution in [-0.4, -0.2) is 17.4 Å². The van der Waals surface area contributed by atoms with Gasteiger partial charge < -0.3 is 0 Å². The van der Waals surface area contributed by atoms with E-state index in [1.54, 1.807) is 0 Å². The van der Waals surface area contributed by atoms with Crippen LogP contribution >= 0.6 is 0 Å². The Kier molecular flexibility index (Phi) is 98.2. The van der Waals surface area contributed by atoms with E-state index in [0.29, 0.717) is 0 Å². The average Bonchev–Trinajstić information content (AvgIpc) is 0. The van der Waals surface area contributed by atoms with Gasteiger partial charge >= 0.3 is 0 Å². The molecule has 0 saturated heterocycles. The maximum Gasteiger partial charge on any atom is 0.187 e. The van der Waals surface area contributed by atoms with Gasteiger partial charge in [-0.2, -0.15) is 0 Å². The summed E-state index contributed by atoms with van der Waals surface area (Å²) in [7, 11) is 0. The molecule has 0 aromatic heterocycles. The molecule has 0 nitrogen and oxygen atoms in total. The van der Waals surface area contributed by atoms with Crippen molar-refractivity contribution < 1.29 is 101 Å². The van der Waals surface area contributed by atoms with Gasteiger partial charge in [-0.3, -0.25) is 0 Å². The van der Waals surface area contributed by atoms with Crippen molar-refractivity contribution in [2.24, 2.45) is 0 Å². The van der Waals surface area contributed by atoms with Gasteiger partial charge in [0.1, 0.15) is 0 Å². The molecule has 0 rings (SSSR count). The van der Waals surface area contributed by atoms with Gasteiger partial charge in [0.25, 0.3) is 0 Å². The van der Waals surface area contributed by atoms with Crippen molar-refractivity contribution in [1.82, 2.24) is 0 Å². The minimum absolute atomic E-state index is 0. The third-order valence-corrected chi connectivity index (χ3v) is 0. The van der Waals surface area contributed by atoms with Crippen molar-refractivity contribution in [2.45, 2.75) is 0 Å². The fraction of sp³-hybridized carbons (Fsp3) is 0. The van der Waals surface area contributed by atoms with Crippen molar-refractivity contribution in [3.8, 4) is 0 Å². The van der Waals surface area contributed by atoms with Crippen LogP contribution in [0.15, 0.2) is 0 Å². The first kappa shape index (κ1) is 24.8. The summed E-state index contributed by atoms with van der Waals surface area (Å²) in [6, 6.07) is 0. The van der Waals surface area contributed by atoms with Crippen LogP contribution in [0, 0.1) is 81.7 Å². The fourth-order valence-corrected chi connectivity index (χ4v) is 0. The van der Waals surface area contributed by atoms with Crippen LogP contribution in [0.25, 0.3) is 0 Å². The SMILES string of the molecule is [AlH3].[Ce].[Gd].[Zn]. The van der Waals surface area contributed by atoms with Gasteiger partial charge in [0, 0.05) is 101 Å². The fourth-order valence-electron chi connectivity index (χ4n) is 0. The summed E-state index contributed by atoms with van der Waals surface area (Å²) in [6.07, 6.45) is 0. The van der Waals surface area contributed by atoms with Crippen LogP contribution in [0.1, 0.15) is 0 Å². The van der Waals surface area contributed by atoms with Crippen molar-refractivity contribution in [3.05, 3.63) is 0 Å². The summed E-state index contributed by atoms with van der Waals surface area (Å²) >= 11 is 0. The summed E-state index contributed by atoms with van der Waals surface area (Å²) in [5, 5.41) is 0. The molecular formula is H3AlCeGdZn. The Balaban J connectivity index is 0. The molecule has 0 aliphatic carbocycles. The largest absolute Gasteiger partial charge is 0.187 e. The first-order valence-electron chi connectivity index (χ1n) is 0. The molecule has 20 valence electrons. The zero-order valence-corrected chi connectivity index (χ0v) is 9.94. The van der Waals surface area contributed by atoms with E-state index >= 15 is 0 Å². The van der Waals surface area contributed by atoms with E-state index < -0.39 is 0 Å². The van der Waals surface area contributed by atoms with Crippen LogP contribution in [0.2, 0.25) is 0 Å². The Morgan fingerprint density at radius 3 is 1.00 bits per heavy atom. The molecule has 4 heteroatoms. The standard InChI is InChI=1S/Al.Ce.Gd.Zn.3H. The predicted molar refractivity (Wildman–Crippen MR) is 9.94 cm³/mol. The minimum atomic E-state index is 0. The van der Waals surface area contributed by atoms with Crippen molar-refractivity contribution in [2.75, 3.05) is 0 Å². The molecule has 0 bridgehead atoms. The zero-order chi connectivity index (χ0) is 0. The number of rotatable bonds is 0. The first-order valence-corrected chi connectivity index (χ1v) is 0. The van der Waals surface area contributed by atoms with E-state index in [9.17, 15) is 0 Å². The van der Waals surface area contributed by atoms with Gasteiger partial charge in [-0.05, 0) is 0 Å². The molecule has 0 amide bonds. The Morgan fingerprint density at radius 1 is 1.00 bits per heavy atom. The summed E-state index contributed by atoms with van der Waals surface area (Å²) in [4.78, 5) is 0. The Bertz CT molecular complexity index is 8.00.